The highest BCUT2D eigenvalue weighted by Crippen LogP contribution is 2.47. The normalized spacial score (nSPS) is 20.5. The minimum atomic E-state index is 0.356. The van der Waals surface area contributed by atoms with Gasteiger partial charge in [0.25, 0.3) is 0 Å². The van der Waals surface area contributed by atoms with Crippen LogP contribution >= 0.6 is 0 Å². The molecule has 2 fully saturated rings. The molecule has 0 atom stereocenters. The van der Waals surface area contributed by atoms with Gasteiger partial charge < -0.3 is 9.47 Å². The minimum absolute atomic E-state index is 0.356. The summed E-state index contributed by atoms with van der Waals surface area (Å²) in [4.78, 5) is 4.84. The summed E-state index contributed by atoms with van der Waals surface area (Å²) in [6, 6.07) is 2.25. The van der Waals surface area contributed by atoms with E-state index in [4.69, 9.17) is 0 Å². The van der Waals surface area contributed by atoms with Crippen LogP contribution in [0, 0.1) is 0 Å². The van der Waals surface area contributed by atoms with Crippen LogP contribution in [0.25, 0.3) is 0 Å². The van der Waals surface area contributed by atoms with Gasteiger partial charge >= 0.3 is 0 Å². The summed E-state index contributed by atoms with van der Waals surface area (Å²) in [5, 5.41) is 16.4. The second-order valence-corrected chi connectivity index (χ2v) is 7.41. The summed E-state index contributed by atoms with van der Waals surface area (Å²) in [5.41, 5.74) is 1.65. The molecule has 2 aliphatic rings. The summed E-state index contributed by atoms with van der Waals surface area (Å²) in [7, 11) is 2.06. The van der Waals surface area contributed by atoms with E-state index in [0.29, 0.717) is 5.41 Å². The van der Waals surface area contributed by atoms with E-state index in [1.54, 1.807) is 0 Å². The fourth-order valence-corrected chi connectivity index (χ4v) is 3.42. The number of H-pyrrole nitrogens is 1. The van der Waals surface area contributed by atoms with Crippen LogP contribution in [0.5, 0.6) is 0 Å². The van der Waals surface area contributed by atoms with Gasteiger partial charge in [0, 0.05) is 56.8 Å². The highest BCUT2D eigenvalue weighted by Gasteiger charge is 2.41. The number of hydrogen-bond donors (Lipinski definition) is 1. The molecular weight excluding hydrogens is 302 g/mol. The molecule has 0 aromatic carbocycles. The van der Waals surface area contributed by atoms with Crippen molar-refractivity contribution in [1.82, 2.24) is 29.9 Å². The lowest BCUT2D eigenvalue weighted by Crippen LogP contribution is -2.46. The van der Waals surface area contributed by atoms with Crippen LogP contribution in [0.2, 0.25) is 0 Å². The molecule has 3 heterocycles. The van der Waals surface area contributed by atoms with Crippen molar-refractivity contribution >= 4 is 5.82 Å². The molecule has 0 bridgehead atoms. The van der Waals surface area contributed by atoms with Crippen molar-refractivity contribution in [3.05, 3.63) is 23.4 Å². The van der Waals surface area contributed by atoms with Gasteiger partial charge in [-0.2, -0.15) is 5.10 Å². The fourth-order valence-electron chi connectivity index (χ4n) is 3.42. The molecule has 4 rings (SSSR count). The molecule has 7 heteroatoms. The maximum absolute atomic E-state index is 4.54. The largest absolute Gasteiger partial charge is 0.353 e. The Hall–Kier alpha value is -1.89. The van der Waals surface area contributed by atoms with E-state index < -0.39 is 0 Å². The maximum atomic E-state index is 4.54. The predicted molar refractivity (Wildman–Crippen MR) is 93.0 cm³/mol. The standard InChI is InChI=1S/C17H27N7/c1-4-14-19-21-16(22(14)3)12-23-7-9-24(10-8-23)15-11-13(18-20-15)17(2)5-6-17/h11H,4-10,12H2,1-3H3,(H,18,20). The van der Waals surface area contributed by atoms with Crippen LogP contribution < -0.4 is 4.90 Å². The van der Waals surface area contributed by atoms with E-state index in [0.717, 1.165) is 56.6 Å². The maximum Gasteiger partial charge on any atom is 0.150 e. The van der Waals surface area contributed by atoms with Gasteiger partial charge in [0.05, 0.1) is 6.54 Å². The monoisotopic (exact) mass is 329 g/mol. The van der Waals surface area contributed by atoms with Crippen LogP contribution in [0.3, 0.4) is 0 Å². The van der Waals surface area contributed by atoms with Gasteiger partial charge in [-0.25, -0.2) is 0 Å². The van der Waals surface area contributed by atoms with Gasteiger partial charge in [0.15, 0.2) is 5.82 Å². The van der Waals surface area contributed by atoms with Gasteiger partial charge in [0.1, 0.15) is 11.6 Å². The Balaban J connectivity index is 1.34. The summed E-state index contributed by atoms with van der Waals surface area (Å²) in [6.07, 6.45) is 3.48. The fraction of sp³-hybridized carbons (Fsp3) is 0.706. The van der Waals surface area contributed by atoms with Gasteiger partial charge in [-0.05, 0) is 12.8 Å². The Kier molecular flexibility index (Phi) is 3.83. The highest BCUT2D eigenvalue weighted by atomic mass is 15.3. The molecule has 1 aliphatic carbocycles. The van der Waals surface area contributed by atoms with Crippen molar-refractivity contribution in [3.63, 3.8) is 0 Å². The zero-order valence-corrected chi connectivity index (χ0v) is 14.9. The van der Waals surface area contributed by atoms with Crippen molar-refractivity contribution in [2.75, 3.05) is 31.1 Å². The number of nitrogens with one attached hydrogen (secondary N) is 1. The van der Waals surface area contributed by atoms with Crippen LogP contribution in [-0.2, 0) is 25.4 Å². The van der Waals surface area contributed by atoms with Crippen LogP contribution in [0.15, 0.2) is 6.07 Å². The van der Waals surface area contributed by atoms with E-state index in [9.17, 15) is 0 Å². The molecule has 2 aromatic heterocycles. The second-order valence-electron chi connectivity index (χ2n) is 7.41. The quantitative estimate of drug-likeness (QED) is 0.900. The van der Waals surface area contributed by atoms with Crippen molar-refractivity contribution in [3.8, 4) is 0 Å². The first-order valence-corrected chi connectivity index (χ1v) is 8.99. The minimum Gasteiger partial charge on any atom is -0.353 e. The van der Waals surface area contributed by atoms with E-state index >= 15 is 0 Å². The lowest BCUT2D eigenvalue weighted by Gasteiger charge is -2.34. The zero-order chi connectivity index (χ0) is 16.7. The van der Waals surface area contributed by atoms with Crippen molar-refractivity contribution in [1.29, 1.82) is 0 Å². The first kappa shape index (κ1) is 15.6. The van der Waals surface area contributed by atoms with Crippen molar-refractivity contribution in [2.24, 2.45) is 7.05 Å². The topological polar surface area (TPSA) is 65.9 Å². The Morgan fingerprint density at radius 3 is 2.46 bits per heavy atom. The molecule has 130 valence electrons. The number of aryl methyl sites for hydroxylation is 1. The summed E-state index contributed by atoms with van der Waals surface area (Å²) in [6.45, 7) is 9.40. The SMILES string of the molecule is CCc1nnc(CN2CCN(c3cc(C4(C)CC4)[nH]n3)CC2)n1C. The zero-order valence-electron chi connectivity index (χ0n) is 14.9. The second kappa shape index (κ2) is 5.88. The number of aromatic amines is 1. The Labute approximate surface area is 143 Å². The van der Waals surface area contributed by atoms with Gasteiger partial charge in [-0.3, -0.25) is 10.00 Å². The van der Waals surface area contributed by atoms with Crippen LogP contribution in [-0.4, -0.2) is 56.0 Å². The first-order valence-electron chi connectivity index (χ1n) is 8.99. The third-order valence-corrected chi connectivity index (χ3v) is 5.65. The molecular formula is C17H27N7. The van der Waals surface area contributed by atoms with Crippen molar-refractivity contribution in [2.45, 2.75) is 45.1 Å². The molecule has 1 N–H and O–H groups in total. The molecule has 24 heavy (non-hydrogen) atoms. The molecule has 1 saturated heterocycles. The molecule has 1 aliphatic heterocycles. The molecule has 0 unspecified atom stereocenters. The third-order valence-electron chi connectivity index (χ3n) is 5.65. The van der Waals surface area contributed by atoms with E-state index in [2.05, 4.69) is 61.7 Å². The number of piperazine rings is 1. The molecule has 0 radical (unpaired) electrons. The van der Waals surface area contributed by atoms with E-state index in [1.165, 1.54) is 18.5 Å². The number of nitrogens with zero attached hydrogens (tertiary/aromatic N) is 6. The Bertz CT molecular complexity index is 704. The number of anilines is 1. The Morgan fingerprint density at radius 1 is 1.12 bits per heavy atom. The van der Waals surface area contributed by atoms with E-state index in [-0.39, 0.29) is 0 Å². The first-order chi connectivity index (χ1) is 11.6. The predicted octanol–water partition coefficient (Wildman–Crippen LogP) is 1.47. The molecule has 0 spiro atoms. The lowest BCUT2D eigenvalue weighted by molar-refractivity contribution is 0.241. The van der Waals surface area contributed by atoms with Crippen molar-refractivity contribution < 1.29 is 0 Å². The van der Waals surface area contributed by atoms with Gasteiger partial charge in [-0.15, -0.1) is 10.2 Å². The Morgan fingerprint density at radius 2 is 1.83 bits per heavy atom. The number of aromatic nitrogens is 5. The summed E-state index contributed by atoms with van der Waals surface area (Å²) in [5.74, 6) is 3.22. The third kappa shape index (κ3) is 2.81. The average Bonchev–Trinajstić information content (AvgIpc) is 3.01. The lowest BCUT2D eigenvalue weighted by atomic mass is 10.1. The summed E-state index contributed by atoms with van der Waals surface area (Å²) >= 11 is 0. The molecule has 1 saturated carbocycles. The highest BCUT2D eigenvalue weighted by molar-refractivity contribution is 5.43. The summed E-state index contributed by atoms with van der Waals surface area (Å²) < 4.78 is 2.13. The molecule has 0 amide bonds. The molecule has 7 nitrogen and oxygen atoms in total. The molecule has 2 aromatic rings. The van der Waals surface area contributed by atoms with Gasteiger partial charge in [-0.1, -0.05) is 13.8 Å². The smallest absolute Gasteiger partial charge is 0.150 e. The van der Waals surface area contributed by atoms with E-state index in [1.807, 2.05) is 0 Å². The average molecular weight is 329 g/mol. The number of rotatable bonds is 5. The van der Waals surface area contributed by atoms with Gasteiger partial charge in [0.2, 0.25) is 0 Å². The van der Waals surface area contributed by atoms with Crippen LogP contribution in [0.1, 0.15) is 44.0 Å². The number of hydrogen-bond acceptors (Lipinski definition) is 5. The van der Waals surface area contributed by atoms with Crippen LogP contribution in [0.4, 0.5) is 5.82 Å².